The van der Waals surface area contributed by atoms with E-state index in [1.807, 2.05) is 42.2 Å². The van der Waals surface area contributed by atoms with E-state index in [1.165, 1.54) is 0 Å². The quantitative estimate of drug-likeness (QED) is 0.651. The highest BCUT2D eigenvalue weighted by molar-refractivity contribution is 6.05. The first kappa shape index (κ1) is 22.5. The number of amides is 1. The molecule has 2 aliphatic heterocycles. The molecule has 4 heterocycles. The van der Waals surface area contributed by atoms with Crippen molar-refractivity contribution in [3.05, 3.63) is 53.2 Å². The van der Waals surface area contributed by atoms with Gasteiger partial charge < -0.3 is 14.8 Å². The van der Waals surface area contributed by atoms with Gasteiger partial charge in [0.15, 0.2) is 0 Å². The van der Waals surface area contributed by atoms with Gasteiger partial charge >= 0.3 is 0 Å². The Kier molecular flexibility index (Phi) is 6.95. The maximum atomic E-state index is 13.2. The Bertz CT molecular complexity index is 1050. The number of likely N-dealkylation sites (tertiary alicyclic amines) is 1. The number of nitrogens with zero attached hydrogens (tertiary/aromatic N) is 5. The number of halogens is 2. The average molecular weight is 449 g/mol. The Balaban J connectivity index is 0.00000128. The normalized spacial score (nSPS) is 16.5. The van der Waals surface area contributed by atoms with Crippen molar-refractivity contribution in [1.82, 2.24) is 30.0 Å². The molecule has 1 aromatic carbocycles. The summed E-state index contributed by atoms with van der Waals surface area (Å²) in [6.45, 7) is 6.12. The number of aryl methyl sites for hydroxylation is 1. The summed E-state index contributed by atoms with van der Waals surface area (Å²) in [5.74, 6) is 2.56. The predicted octanol–water partition coefficient (Wildman–Crippen LogP) is 3.10. The minimum atomic E-state index is 0. The third kappa shape index (κ3) is 4.02. The highest BCUT2D eigenvalue weighted by Gasteiger charge is 2.29. The van der Waals surface area contributed by atoms with Crippen molar-refractivity contribution in [3.8, 4) is 0 Å². The van der Waals surface area contributed by atoms with E-state index in [-0.39, 0.29) is 30.7 Å². The molecule has 2 aromatic heterocycles. The van der Waals surface area contributed by atoms with Gasteiger partial charge in [-0.25, -0.2) is 0 Å². The molecule has 2 aliphatic rings. The summed E-state index contributed by atoms with van der Waals surface area (Å²) in [6, 6.07) is 9.86. The van der Waals surface area contributed by atoms with E-state index >= 15 is 0 Å². The van der Waals surface area contributed by atoms with E-state index in [9.17, 15) is 4.79 Å². The first-order valence-electron chi connectivity index (χ1n) is 9.99. The molecular formula is C21H26Cl2N6O. The molecule has 0 saturated carbocycles. The Morgan fingerprint density at radius 3 is 2.67 bits per heavy atom. The van der Waals surface area contributed by atoms with Gasteiger partial charge in [0.1, 0.15) is 11.6 Å². The van der Waals surface area contributed by atoms with Crippen LogP contribution in [0.5, 0.6) is 0 Å². The van der Waals surface area contributed by atoms with E-state index in [0.29, 0.717) is 11.5 Å². The number of nitrogens with one attached hydrogen (secondary N) is 1. The third-order valence-corrected chi connectivity index (χ3v) is 5.89. The van der Waals surface area contributed by atoms with Crippen molar-refractivity contribution in [3.63, 3.8) is 0 Å². The van der Waals surface area contributed by atoms with Gasteiger partial charge in [-0.05, 0) is 31.9 Å². The largest absolute Gasteiger partial charge is 0.339 e. The van der Waals surface area contributed by atoms with Crippen LogP contribution in [0.15, 0.2) is 30.3 Å². The smallest absolute Gasteiger partial charge is 0.256 e. The summed E-state index contributed by atoms with van der Waals surface area (Å²) in [6.07, 6.45) is 1.85. The minimum Gasteiger partial charge on any atom is -0.339 e. The van der Waals surface area contributed by atoms with Crippen LogP contribution < -0.4 is 5.32 Å². The lowest BCUT2D eigenvalue weighted by Gasteiger charge is -2.32. The Morgan fingerprint density at radius 2 is 1.87 bits per heavy atom. The number of para-hydroxylation sites is 1. The zero-order valence-electron chi connectivity index (χ0n) is 16.9. The molecule has 1 saturated heterocycles. The van der Waals surface area contributed by atoms with Gasteiger partial charge in [-0.2, -0.15) is 0 Å². The molecule has 3 aromatic rings. The number of carbonyl (C=O) groups is 1. The molecule has 160 valence electrons. The van der Waals surface area contributed by atoms with Gasteiger partial charge in [-0.15, -0.1) is 35.0 Å². The molecule has 0 atom stereocenters. The van der Waals surface area contributed by atoms with Crippen LogP contribution in [0.2, 0.25) is 0 Å². The SMILES string of the molecule is Cc1ccc2cccc(C(=O)N3CCC(c4nnc5n4CCNC5)CC3)c2n1.Cl.Cl. The van der Waals surface area contributed by atoms with Crippen molar-refractivity contribution in [2.45, 2.75) is 38.8 Å². The van der Waals surface area contributed by atoms with Crippen molar-refractivity contribution in [2.24, 2.45) is 0 Å². The highest BCUT2D eigenvalue weighted by atomic mass is 35.5. The highest BCUT2D eigenvalue weighted by Crippen LogP contribution is 2.29. The number of pyridine rings is 1. The number of hydrogen-bond donors (Lipinski definition) is 1. The summed E-state index contributed by atoms with van der Waals surface area (Å²) < 4.78 is 2.26. The van der Waals surface area contributed by atoms with Crippen molar-refractivity contribution in [2.75, 3.05) is 19.6 Å². The number of carbonyl (C=O) groups excluding carboxylic acids is 1. The summed E-state index contributed by atoms with van der Waals surface area (Å²) in [5, 5.41) is 13.1. The van der Waals surface area contributed by atoms with Crippen LogP contribution in [-0.2, 0) is 13.1 Å². The summed E-state index contributed by atoms with van der Waals surface area (Å²) in [5.41, 5.74) is 2.43. The number of benzene rings is 1. The lowest BCUT2D eigenvalue weighted by molar-refractivity contribution is 0.0712. The maximum Gasteiger partial charge on any atom is 0.256 e. The van der Waals surface area contributed by atoms with Crippen LogP contribution in [-0.4, -0.2) is 50.2 Å². The second-order valence-corrected chi connectivity index (χ2v) is 7.70. The van der Waals surface area contributed by atoms with Crippen LogP contribution in [0.1, 0.15) is 46.5 Å². The van der Waals surface area contributed by atoms with Crippen LogP contribution in [0.3, 0.4) is 0 Å². The van der Waals surface area contributed by atoms with E-state index in [2.05, 4.69) is 25.1 Å². The zero-order valence-corrected chi connectivity index (χ0v) is 18.5. The van der Waals surface area contributed by atoms with Crippen LogP contribution >= 0.6 is 24.8 Å². The average Bonchev–Trinajstić information content (AvgIpc) is 3.17. The minimum absolute atomic E-state index is 0. The fraction of sp³-hybridized carbons (Fsp3) is 0.429. The van der Waals surface area contributed by atoms with Crippen molar-refractivity contribution < 1.29 is 4.79 Å². The van der Waals surface area contributed by atoms with Gasteiger partial charge in [0.2, 0.25) is 0 Å². The van der Waals surface area contributed by atoms with Gasteiger partial charge in [-0.1, -0.05) is 18.2 Å². The molecule has 0 unspecified atom stereocenters. The van der Waals surface area contributed by atoms with E-state index in [0.717, 1.165) is 73.8 Å². The van der Waals surface area contributed by atoms with Crippen molar-refractivity contribution in [1.29, 1.82) is 0 Å². The number of rotatable bonds is 2. The number of piperidine rings is 1. The fourth-order valence-corrected chi connectivity index (χ4v) is 4.34. The van der Waals surface area contributed by atoms with Gasteiger partial charge in [-0.3, -0.25) is 9.78 Å². The first-order valence-corrected chi connectivity index (χ1v) is 9.99. The number of fused-ring (bicyclic) bond motifs is 2. The molecular weight excluding hydrogens is 423 g/mol. The first-order chi connectivity index (χ1) is 13.7. The van der Waals surface area contributed by atoms with E-state index in [4.69, 9.17) is 0 Å². The maximum absolute atomic E-state index is 13.2. The molecule has 0 aliphatic carbocycles. The van der Waals surface area contributed by atoms with Gasteiger partial charge in [0.25, 0.3) is 5.91 Å². The van der Waals surface area contributed by atoms with Gasteiger partial charge in [0.05, 0.1) is 17.6 Å². The summed E-state index contributed by atoms with van der Waals surface area (Å²) in [7, 11) is 0. The second kappa shape index (κ2) is 9.29. The molecule has 1 N–H and O–H groups in total. The van der Waals surface area contributed by atoms with Gasteiger partial charge in [0, 0.05) is 43.2 Å². The Morgan fingerprint density at radius 1 is 1.07 bits per heavy atom. The van der Waals surface area contributed by atoms with Crippen LogP contribution in [0, 0.1) is 6.92 Å². The molecule has 0 radical (unpaired) electrons. The van der Waals surface area contributed by atoms with E-state index < -0.39 is 0 Å². The third-order valence-electron chi connectivity index (χ3n) is 5.89. The molecule has 9 heteroatoms. The Labute approximate surface area is 188 Å². The molecule has 0 bridgehead atoms. The fourth-order valence-electron chi connectivity index (χ4n) is 4.34. The lowest BCUT2D eigenvalue weighted by atomic mass is 9.95. The topological polar surface area (TPSA) is 75.9 Å². The second-order valence-electron chi connectivity index (χ2n) is 7.70. The lowest BCUT2D eigenvalue weighted by Crippen LogP contribution is -2.39. The van der Waals surface area contributed by atoms with Crippen LogP contribution in [0.25, 0.3) is 10.9 Å². The monoisotopic (exact) mass is 448 g/mol. The molecule has 0 spiro atoms. The standard InChI is InChI=1S/C21H24N6O.2ClH/c1-14-5-6-15-3-2-4-17(19(15)23-14)21(28)26-10-7-16(8-11-26)20-25-24-18-13-22-9-12-27(18)20;;/h2-6,16,22H,7-13H2,1H3;2*1H. The number of aromatic nitrogens is 4. The molecule has 1 fully saturated rings. The predicted molar refractivity (Wildman–Crippen MR) is 121 cm³/mol. The summed E-state index contributed by atoms with van der Waals surface area (Å²) >= 11 is 0. The number of hydrogen-bond acceptors (Lipinski definition) is 5. The summed E-state index contributed by atoms with van der Waals surface area (Å²) in [4.78, 5) is 19.8. The molecule has 5 rings (SSSR count). The Hall–Kier alpha value is -2.22. The molecule has 7 nitrogen and oxygen atoms in total. The van der Waals surface area contributed by atoms with Crippen molar-refractivity contribution >= 4 is 41.6 Å². The van der Waals surface area contributed by atoms with E-state index in [1.54, 1.807) is 0 Å². The zero-order chi connectivity index (χ0) is 19.1. The molecule has 1 amide bonds. The molecule has 30 heavy (non-hydrogen) atoms. The van der Waals surface area contributed by atoms with Crippen LogP contribution in [0.4, 0.5) is 0 Å².